The van der Waals surface area contributed by atoms with Gasteiger partial charge in [0.1, 0.15) is 0 Å². The van der Waals surface area contributed by atoms with Gasteiger partial charge in [0.05, 0.1) is 6.10 Å². The van der Waals surface area contributed by atoms with Crippen LogP contribution in [0.25, 0.3) is 0 Å². The first kappa shape index (κ1) is 13.1. The molecule has 6 heteroatoms. The van der Waals surface area contributed by atoms with Crippen molar-refractivity contribution in [1.29, 1.82) is 0 Å². The molecule has 6 nitrogen and oxygen atoms in total. The van der Waals surface area contributed by atoms with Crippen LogP contribution in [0.15, 0.2) is 0 Å². The molecule has 2 rings (SSSR count). The number of carboxylic acid groups (broad SMARTS) is 1. The second kappa shape index (κ2) is 5.14. The molecule has 2 fully saturated rings. The molecule has 0 aromatic rings. The number of nitrogens with one attached hydrogen (secondary N) is 1. The largest absolute Gasteiger partial charge is 0.480 e. The molecule has 18 heavy (non-hydrogen) atoms. The first-order valence-corrected chi connectivity index (χ1v) is 6.47. The van der Waals surface area contributed by atoms with E-state index in [0.717, 1.165) is 25.7 Å². The summed E-state index contributed by atoms with van der Waals surface area (Å²) in [4.78, 5) is 24.7. The van der Waals surface area contributed by atoms with Crippen molar-refractivity contribution in [2.45, 2.75) is 50.8 Å². The van der Waals surface area contributed by atoms with E-state index in [0.29, 0.717) is 12.5 Å². The van der Waals surface area contributed by atoms with E-state index in [4.69, 9.17) is 5.11 Å². The average molecular weight is 256 g/mol. The summed E-state index contributed by atoms with van der Waals surface area (Å²) in [5.41, 5.74) is 0. The Kier molecular flexibility index (Phi) is 3.75. The summed E-state index contributed by atoms with van der Waals surface area (Å²) in [6.07, 6.45) is 3.18. The highest BCUT2D eigenvalue weighted by molar-refractivity contribution is 5.83. The zero-order chi connectivity index (χ0) is 13.3. The van der Waals surface area contributed by atoms with Crippen LogP contribution in [0.4, 0.5) is 4.79 Å². The third-order valence-electron chi connectivity index (χ3n) is 3.43. The van der Waals surface area contributed by atoms with E-state index in [9.17, 15) is 14.7 Å². The normalized spacial score (nSPS) is 22.1. The molecule has 3 N–H and O–H groups in total. The molecular formula is C12H20N2O4. The Bertz CT molecular complexity index is 337. The fourth-order valence-corrected chi connectivity index (χ4v) is 1.97. The summed E-state index contributed by atoms with van der Waals surface area (Å²) in [6.45, 7) is 2.07. The van der Waals surface area contributed by atoms with E-state index in [2.05, 4.69) is 5.32 Å². The van der Waals surface area contributed by atoms with Crippen LogP contribution in [0.5, 0.6) is 0 Å². The van der Waals surface area contributed by atoms with Gasteiger partial charge in [-0.15, -0.1) is 0 Å². The lowest BCUT2D eigenvalue weighted by atomic mass is 10.2. The van der Waals surface area contributed by atoms with E-state index in [1.165, 1.54) is 6.92 Å². The van der Waals surface area contributed by atoms with Gasteiger partial charge < -0.3 is 20.4 Å². The fraction of sp³-hybridized carbons (Fsp3) is 0.833. The topological polar surface area (TPSA) is 89.9 Å². The molecule has 0 aromatic carbocycles. The van der Waals surface area contributed by atoms with Crippen molar-refractivity contribution < 1.29 is 19.8 Å². The minimum Gasteiger partial charge on any atom is -0.480 e. The summed E-state index contributed by atoms with van der Waals surface area (Å²) < 4.78 is 0. The molecule has 2 saturated carbocycles. The lowest BCUT2D eigenvalue weighted by Crippen LogP contribution is -2.53. The molecule has 0 radical (unpaired) electrons. The Morgan fingerprint density at radius 2 is 1.94 bits per heavy atom. The van der Waals surface area contributed by atoms with Gasteiger partial charge in [-0.25, -0.2) is 9.59 Å². The quantitative estimate of drug-likeness (QED) is 0.642. The predicted octanol–water partition coefficient (Wildman–Crippen LogP) is 0.404. The molecule has 102 valence electrons. The van der Waals surface area contributed by atoms with Gasteiger partial charge in [-0.2, -0.15) is 0 Å². The molecule has 2 atom stereocenters. The maximum atomic E-state index is 12.0. The number of carbonyl (C=O) groups is 2. The van der Waals surface area contributed by atoms with Gasteiger partial charge in [-0.1, -0.05) is 0 Å². The zero-order valence-electron chi connectivity index (χ0n) is 10.5. The van der Waals surface area contributed by atoms with Crippen LogP contribution in [0, 0.1) is 5.92 Å². The van der Waals surface area contributed by atoms with Gasteiger partial charge in [0, 0.05) is 12.6 Å². The number of amides is 2. The van der Waals surface area contributed by atoms with Crippen molar-refractivity contribution in [2.24, 2.45) is 5.92 Å². The lowest BCUT2D eigenvalue weighted by molar-refractivity contribution is -0.141. The minimum absolute atomic E-state index is 0.258. The number of carbonyl (C=O) groups excluding carboxylic acids is 1. The number of urea groups is 1. The van der Waals surface area contributed by atoms with Crippen molar-refractivity contribution >= 4 is 12.0 Å². The van der Waals surface area contributed by atoms with Crippen LogP contribution in [-0.4, -0.2) is 51.8 Å². The van der Waals surface area contributed by atoms with E-state index in [-0.39, 0.29) is 12.1 Å². The highest BCUT2D eigenvalue weighted by Gasteiger charge is 2.38. The number of carboxylic acids is 1. The number of hydrogen-bond acceptors (Lipinski definition) is 3. The fourth-order valence-electron chi connectivity index (χ4n) is 1.97. The van der Waals surface area contributed by atoms with Crippen molar-refractivity contribution in [1.82, 2.24) is 10.2 Å². The van der Waals surface area contributed by atoms with Gasteiger partial charge in [-0.05, 0) is 38.5 Å². The summed E-state index contributed by atoms with van der Waals surface area (Å²) in [5.74, 6) is -0.633. The Morgan fingerprint density at radius 3 is 2.33 bits per heavy atom. The molecular weight excluding hydrogens is 236 g/mol. The molecule has 2 aliphatic carbocycles. The molecule has 0 aromatic heterocycles. The molecule has 0 heterocycles. The van der Waals surface area contributed by atoms with Gasteiger partial charge in [-0.3, -0.25) is 0 Å². The van der Waals surface area contributed by atoms with Gasteiger partial charge >= 0.3 is 12.0 Å². The third-order valence-corrected chi connectivity index (χ3v) is 3.43. The minimum atomic E-state index is -1.24. The molecule has 2 amide bonds. The van der Waals surface area contributed by atoms with Crippen LogP contribution in [0.1, 0.15) is 32.6 Å². The standard InChI is InChI=1S/C12H20N2O4/c1-7(15)10(11(16)17)13-12(18)14(9-4-5-9)6-8-2-3-8/h7-10,15H,2-6H2,1H3,(H,13,18)(H,16,17)/t7-,10+/m1/s1. The van der Waals surface area contributed by atoms with Crippen LogP contribution >= 0.6 is 0 Å². The number of aliphatic hydroxyl groups excluding tert-OH is 1. The van der Waals surface area contributed by atoms with Gasteiger partial charge in [0.25, 0.3) is 0 Å². The van der Waals surface area contributed by atoms with Crippen molar-refractivity contribution in [3.63, 3.8) is 0 Å². The molecule has 0 spiro atoms. The Morgan fingerprint density at radius 1 is 1.33 bits per heavy atom. The molecule has 0 saturated heterocycles. The van der Waals surface area contributed by atoms with Crippen LogP contribution in [-0.2, 0) is 4.79 Å². The van der Waals surface area contributed by atoms with E-state index < -0.39 is 18.1 Å². The zero-order valence-corrected chi connectivity index (χ0v) is 10.5. The molecule has 2 aliphatic rings. The summed E-state index contributed by atoms with van der Waals surface area (Å²) >= 11 is 0. The second-order valence-electron chi connectivity index (χ2n) is 5.33. The molecule has 0 bridgehead atoms. The first-order chi connectivity index (χ1) is 8.49. The summed E-state index contributed by atoms with van der Waals surface area (Å²) in [5, 5.41) is 20.7. The number of rotatable bonds is 6. The number of aliphatic hydroxyl groups is 1. The number of hydrogen-bond donors (Lipinski definition) is 3. The van der Waals surface area contributed by atoms with Gasteiger partial charge in [0.2, 0.25) is 0 Å². The highest BCUT2D eigenvalue weighted by atomic mass is 16.4. The third kappa shape index (κ3) is 3.35. The maximum Gasteiger partial charge on any atom is 0.328 e. The van der Waals surface area contributed by atoms with Crippen molar-refractivity contribution in [2.75, 3.05) is 6.54 Å². The molecule has 0 unspecified atom stereocenters. The smallest absolute Gasteiger partial charge is 0.328 e. The average Bonchev–Trinajstić information content (AvgIpc) is 3.13. The maximum absolute atomic E-state index is 12.0. The Labute approximate surface area is 106 Å². The van der Waals surface area contributed by atoms with Crippen LogP contribution < -0.4 is 5.32 Å². The monoisotopic (exact) mass is 256 g/mol. The summed E-state index contributed by atoms with van der Waals surface area (Å²) in [7, 11) is 0. The van der Waals surface area contributed by atoms with Gasteiger partial charge in [0.15, 0.2) is 6.04 Å². The van der Waals surface area contributed by atoms with E-state index in [1.54, 1.807) is 4.90 Å². The van der Waals surface area contributed by atoms with Crippen LogP contribution in [0.2, 0.25) is 0 Å². The Balaban J connectivity index is 1.92. The first-order valence-electron chi connectivity index (χ1n) is 6.47. The highest BCUT2D eigenvalue weighted by Crippen LogP contribution is 2.34. The van der Waals surface area contributed by atoms with Crippen molar-refractivity contribution in [3.8, 4) is 0 Å². The van der Waals surface area contributed by atoms with Crippen molar-refractivity contribution in [3.05, 3.63) is 0 Å². The predicted molar refractivity (Wildman–Crippen MR) is 64.1 cm³/mol. The number of nitrogens with zero attached hydrogens (tertiary/aromatic N) is 1. The Hall–Kier alpha value is -1.30. The summed E-state index contributed by atoms with van der Waals surface area (Å²) in [6, 6.07) is -1.34. The van der Waals surface area contributed by atoms with E-state index >= 15 is 0 Å². The SMILES string of the molecule is C[C@@H](O)[C@H](NC(=O)N(CC1CC1)C1CC1)C(=O)O. The van der Waals surface area contributed by atoms with Crippen LogP contribution in [0.3, 0.4) is 0 Å². The lowest BCUT2D eigenvalue weighted by Gasteiger charge is -2.26. The van der Waals surface area contributed by atoms with E-state index in [1.807, 2.05) is 0 Å². The number of aliphatic carboxylic acids is 1. The molecule has 0 aliphatic heterocycles. The second-order valence-corrected chi connectivity index (χ2v) is 5.33.